The van der Waals surface area contributed by atoms with Gasteiger partial charge in [-0.15, -0.1) is 5.10 Å². The maximum absolute atomic E-state index is 11.5. The van der Waals surface area contributed by atoms with Crippen molar-refractivity contribution in [2.24, 2.45) is 5.92 Å². The van der Waals surface area contributed by atoms with Gasteiger partial charge in [-0.3, -0.25) is 4.79 Å². The molecule has 2 rings (SSSR count). The lowest BCUT2D eigenvalue weighted by Gasteiger charge is -2.32. The number of rotatable bonds is 4. The van der Waals surface area contributed by atoms with Gasteiger partial charge in [-0.25, -0.2) is 0 Å². The number of carbonyl (C=O) groups is 1. The van der Waals surface area contributed by atoms with E-state index >= 15 is 0 Å². The largest absolute Gasteiger partial charge is 0.354 e. The second kappa shape index (κ2) is 6.66. The number of Topliss-reactive ketones (excluding diaryl/α,β-unsaturated/α-hetero) is 1. The fourth-order valence-electron chi connectivity index (χ4n) is 3.00. The van der Waals surface area contributed by atoms with E-state index in [2.05, 4.69) is 21.2 Å². The number of hydrogen-bond acceptors (Lipinski definition) is 5. The summed E-state index contributed by atoms with van der Waals surface area (Å²) in [5, 5.41) is 18.1. The van der Waals surface area contributed by atoms with E-state index < -0.39 is 0 Å². The van der Waals surface area contributed by atoms with Crippen molar-refractivity contribution in [3.8, 4) is 6.07 Å². The summed E-state index contributed by atoms with van der Waals surface area (Å²) in [7, 11) is 0. The van der Waals surface area contributed by atoms with Gasteiger partial charge in [0.1, 0.15) is 17.4 Å². The molecule has 0 unspecified atom stereocenters. The molecule has 1 aromatic rings. The van der Waals surface area contributed by atoms with E-state index in [0.29, 0.717) is 11.4 Å². The third kappa shape index (κ3) is 3.05. The minimum absolute atomic E-state index is 0.153. The smallest absolute Gasteiger partial charge is 0.169 e. The molecule has 5 heteroatoms. The lowest BCUT2D eigenvalue weighted by atomic mass is 9.93. The molecule has 0 spiro atoms. The van der Waals surface area contributed by atoms with Crippen molar-refractivity contribution in [2.75, 3.05) is 18.0 Å². The highest BCUT2D eigenvalue weighted by atomic mass is 16.1. The van der Waals surface area contributed by atoms with Gasteiger partial charge in [0, 0.05) is 19.0 Å². The van der Waals surface area contributed by atoms with Crippen LogP contribution in [0.5, 0.6) is 0 Å². The van der Waals surface area contributed by atoms with E-state index in [1.54, 1.807) is 6.92 Å². The second-order valence-corrected chi connectivity index (χ2v) is 5.51. The Morgan fingerprint density at radius 3 is 2.43 bits per heavy atom. The van der Waals surface area contributed by atoms with Crippen LogP contribution in [0.1, 0.15) is 50.4 Å². The molecule has 0 aromatic carbocycles. The highest BCUT2D eigenvalue weighted by molar-refractivity contribution is 5.78. The molecular formula is C16H22N4O. The zero-order valence-electron chi connectivity index (χ0n) is 13.0. The lowest BCUT2D eigenvalue weighted by molar-refractivity contribution is -0.121. The first kappa shape index (κ1) is 15.4. The van der Waals surface area contributed by atoms with Crippen LogP contribution in [0.15, 0.2) is 0 Å². The number of anilines is 1. The van der Waals surface area contributed by atoms with Crippen LogP contribution in [0.3, 0.4) is 0 Å². The molecule has 0 aliphatic carbocycles. The molecule has 1 fully saturated rings. The first-order valence-corrected chi connectivity index (χ1v) is 7.66. The van der Waals surface area contributed by atoms with Crippen molar-refractivity contribution in [3.63, 3.8) is 0 Å². The summed E-state index contributed by atoms with van der Waals surface area (Å²) in [6.07, 6.45) is 3.24. The van der Waals surface area contributed by atoms with Crippen LogP contribution in [0, 0.1) is 17.2 Å². The topological polar surface area (TPSA) is 69.9 Å². The van der Waals surface area contributed by atoms with Crippen molar-refractivity contribution in [1.82, 2.24) is 10.2 Å². The van der Waals surface area contributed by atoms with Gasteiger partial charge in [-0.2, -0.15) is 10.4 Å². The average Bonchev–Trinajstić information content (AvgIpc) is 2.53. The molecule has 5 nitrogen and oxygen atoms in total. The Morgan fingerprint density at radius 2 is 1.95 bits per heavy atom. The lowest BCUT2D eigenvalue weighted by Crippen LogP contribution is -2.37. The molecule has 0 radical (unpaired) electrons. The molecule has 1 saturated heterocycles. The van der Waals surface area contributed by atoms with Crippen LogP contribution in [-0.2, 0) is 17.6 Å². The average molecular weight is 286 g/mol. The summed E-state index contributed by atoms with van der Waals surface area (Å²) in [6, 6.07) is 2.31. The standard InChI is InChI=1S/C16H22N4O/c1-4-13-14(10-17)16(19-18-15(13)5-2)20-8-6-12(7-9-20)11(3)21/h12H,4-9H2,1-3H3. The summed E-state index contributed by atoms with van der Waals surface area (Å²) in [5.41, 5.74) is 2.58. The minimum atomic E-state index is 0.153. The van der Waals surface area contributed by atoms with Crippen molar-refractivity contribution >= 4 is 11.6 Å². The Morgan fingerprint density at radius 1 is 1.29 bits per heavy atom. The van der Waals surface area contributed by atoms with Crippen molar-refractivity contribution in [2.45, 2.75) is 46.5 Å². The van der Waals surface area contributed by atoms with Gasteiger partial charge in [0.05, 0.1) is 5.69 Å². The van der Waals surface area contributed by atoms with Gasteiger partial charge in [0.25, 0.3) is 0 Å². The van der Waals surface area contributed by atoms with Crippen molar-refractivity contribution in [1.29, 1.82) is 5.26 Å². The summed E-state index contributed by atoms with van der Waals surface area (Å²) >= 11 is 0. The number of piperidine rings is 1. The fraction of sp³-hybridized carbons (Fsp3) is 0.625. The molecule has 112 valence electrons. The SMILES string of the molecule is CCc1nnc(N2CCC(C(C)=O)CC2)c(C#N)c1CC. The molecule has 0 atom stereocenters. The van der Waals surface area contributed by atoms with E-state index in [0.717, 1.165) is 50.0 Å². The first-order valence-electron chi connectivity index (χ1n) is 7.66. The van der Waals surface area contributed by atoms with Crippen LogP contribution >= 0.6 is 0 Å². The summed E-state index contributed by atoms with van der Waals surface area (Å²) in [6.45, 7) is 7.27. The second-order valence-electron chi connectivity index (χ2n) is 5.51. The van der Waals surface area contributed by atoms with Gasteiger partial charge >= 0.3 is 0 Å². The number of aryl methyl sites for hydroxylation is 1. The van der Waals surface area contributed by atoms with Gasteiger partial charge in [0.2, 0.25) is 0 Å². The van der Waals surface area contributed by atoms with Gasteiger partial charge in [-0.05, 0) is 38.2 Å². The van der Waals surface area contributed by atoms with Crippen LogP contribution in [0.2, 0.25) is 0 Å². The molecule has 1 aliphatic heterocycles. The van der Waals surface area contributed by atoms with E-state index in [9.17, 15) is 10.1 Å². The predicted octanol–water partition coefficient (Wildman–Crippen LogP) is 2.28. The number of nitriles is 1. The zero-order valence-corrected chi connectivity index (χ0v) is 13.0. The fourth-order valence-corrected chi connectivity index (χ4v) is 3.00. The summed E-state index contributed by atoms with van der Waals surface area (Å²) in [5.74, 6) is 1.10. The molecular weight excluding hydrogens is 264 g/mol. The van der Waals surface area contributed by atoms with Crippen LogP contribution in [0.4, 0.5) is 5.82 Å². The highest BCUT2D eigenvalue weighted by Gasteiger charge is 2.26. The van der Waals surface area contributed by atoms with Gasteiger partial charge < -0.3 is 4.90 Å². The quantitative estimate of drug-likeness (QED) is 0.849. The Bertz CT molecular complexity index is 568. The Labute approximate surface area is 126 Å². The molecule has 0 saturated carbocycles. The van der Waals surface area contributed by atoms with E-state index in [1.807, 2.05) is 13.8 Å². The maximum Gasteiger partial charge on any atom is 0.169 e. The summed E-state index contributed by atoms with van der Waals surface area (Å²) in [4.78, 5) is 13.6. The third-order valence-electron chi connectivity index (χ3n) is 4.31. The van der Waals surface area contributed by atoms with Gasteiger partial charge in [0.15, 0.2) is 5.82 Å². The molecule has 1 aliphatic rings. The molecule has 0 N–H and O–H groups in total. The molecule has 0 bridgehead atoms. The van der Waals surface area contributed by atoms with E-state index in [-0.39, 0.29) is 11.7 Å². The molecule has 2 heterocycles. The van der Waals surface area contributed by atoms with Crippen LogP contribution < -0.4 is 4.90 Å². The minimum Gasteiger partial charge on any atom is -0.354 e. The zero-order chi connectivity index (χ0) is 15.4. The Kier molecular flexibility index (Phi) is 4.89. The number of carbonyl (C=O) groups excluding carboxylic acids is 1. The van der Waals surface area contributed by atoms with Crippen LogP contribution in [0.25, 0.3) is 0 Å². The number of hydrogen-bond donors (Lipinski definition) is 0. The number of nitrogens with zero attached hydrogens (tertiary/aromatic N) is 4. The number of aromatic nitrogens is 2. The molecule has 21 heavy (non-hydrogen) atoms. The predicted molar refractivity (Wildman–Crippen MR) is 81.1 cm³/mol. The van der Waals surface area contributed by atoms with E-state index in [1.165, 1.54) is 0 Å². The third-order valence-corrected chi connectivity index (χ3v) is 4.31. The monoisotopic (exact) mass is 286 g/mol. The normalized spacial score (nSPS) is 15.8. The molecule has 1 aromatic heterocycles. The first-order chi connectivity index (χ1) is 10.1. The Balaban J connectivity index is 2.29. The van der Waals surface area contributed by atoms with Crippen molar-refractivity contribution in [3.05, 3.63) is 16.8 Å². The van der Waals surface area contributed by atoms with Crippen molar-refractivity contribution < 1.29 is 4.79 Å². The van der Waals surface area contributed by atoms with Crippen LogP contribution in [-0.4, -0.2) is 29.1 Å². The number of ketones is 1. The Hall–Kier alpha value is -1.96. The molecule has 0 amide bonds. The maximum atomic E-state index is 11.5. The van der Waals surface area contributed by atoms with E-state index in [4.69, 9.17) is 0 Å². The summed E-state index contributed by atoms with van der Waals surface area (Å²) < 4.78 is 0. The van der Waals surface area contributed by atoms with Gasteiger partial charge in [-0.1, -0.05) is 13.8 Å². The highest BCUT2D eigenvalue weighted by Crippen LogP contribution is 2.27.